The van der Waals surface area contributed by atoms with Crippen molar-refractivity contribution < 1.29 is 153 Å². The van der Waals surface area contributed by atoms with E-state index in [0.717, 1.165) is 6.92 Å². The van der Waals surface area contributed by atoms with Crippen molar-refractivity contribution in [3.05, 3.63) is 0 Å². The van der Waals surface area contributed by atoms with Crippen LogP contribution in [0, 0.1) is 0 Å². The first-order chi connectivity index (χ1) is 32.8. The van der Waals surface area contributed by atoms with E-state index >= 15 is 0 Å². The van der Waals surface area contributed by atoms with E-state index in [-0.39, 0.29) is 0 Å². The van der Waals surface area contributed by atoms with Gasteiger partial charge in [-0.15, -0.1) is 0 Å². The van der Waals surface area contributed by atoms with Crippen LogP contribution in [0.25, 0.3) is 0 Å². The van der Waals surface area contributed by atoms with Crippen LogP contribution in [-0.2, 0) is 66.4 Å². The first kappa shape index (κ1) is 55.1. The van der Waals surface area contributed by atoms with E-state index in [1.807, 2.05) is 0 Å². The van der Waals surface area contributed by atoms with Gasteiger partial charge in [-0.25, -0.2) is 0 Å². The van der Waals surface area contributed by atoms with Gasteiger partial charge in [0, 0.05) is 6.92 Å². The van der Waals surface area contributed by atoms with E-state index < -0.39 is 230 Å². The molecule has 0 saturated carbocycles. The van der Waals surface area contributed by atoms with Crippen LogP contribution in [0.1, 0.15) is 6.92 Å². The van der Waals surface area contributed by atoms with Crippen molar-refractivity contribution in [2.75, 3.05) is 39.6 Å². The van der Waals surface area contributed by atoms with Crippen LogP contribution in [0.15, 0.2) is 0 Å². The molecule has 30 atom stereocenters. The van der Waals surface area contributed by atoms with Crippen molar-refractivity contribution in [3.8, 4) is 0 Å². The van der Waals surface area contributed by atoms with Crippen molar-refractivity contribution >= 4 is 5.97 Å². The topological polar surface area (TPSA) is 481 Å². The summed E-state index contributed by atoms with van der Waals surface area (Å²) in [5.41, 5.74) is 0. The summed E-state index contributed by atoms with van der Waals surface area (Å²) < 4.78 is 73.5. The summed E-state index contributed by atoms with van der Waals surface area (Å²) in [6.07, 6.45) is -59.1. The van der Waals surface area contributed by atoms with Gasteiger partial charge >= 0.3 is 5.97 Å². The Morgan fingerprint density at radius 2 is 0.478 bits per heavy atom. The lowest BCUT2D eigenvalue weighted by molar-refractivity contribution is -0.404. The molecule has 0 aliphatic carbocycles. The molecule has 17 N–H and O–H groups in total. The first-order valence-corrected chi connectivity index (χ1v) is 22.0. The Balaban J connectivity index is 1.21. The molecule has 400 valence electrons. The average molecular weight is 1010 g/mol. The van der Waals surface area contributed by atoms with Crippen molar-refractivity contribution in [2.24, 2.45) is 0 Å². The van der Waals surface area contributed by atoms with Crippen molar-refractivity contribution in [3.63, 3.8) is 0 Å². The molecule has 69 heavy (non-hydrogen) atoms. The van der Waals surface area contributed by atoms with Crippen LogP contribution in [0.3, 0.4) is 0 Å². The van der Waals surface area contributed by atoms with Crippen molar-refractivity contribution in [1.82, 2.24) is 0 Å². The largest absolute Gasteiger partial charge is 0.463 e. The van der Waals surface area contributed by atoms with Gasteiger partial charge in [0.05, 0.1) is 33.0 Å². The highest BCUT2D eigenvalue weighted by Gasteiger charge is 2.58. The second-order valence-corrected chi connectivity index (χ2v) is 17.5. The molecule has 31 nitrogen and oxygen atoms in total. The number of carbonyl (C=O) groups excluding carboxylic acids is 1. The van der Waals surface area contributed by atoms with Gasteiger partial charge in [0.1, 0.15) is 153 Å². The van der Waals surface area contributed by atoms with Gasteiger partial charge in [0.2, 0.25) is 0 Å². The van der Waals surface area contributed by atoms with Crippen molar-refractivity contribution in [1.29, 1.82) is 0 Å². The van der Waals surface area contributed by atoms with Gasteiger partial charge in [0.15, 0.2) is 37.7 Å². The number of aliphatic hydroxyl groups excluding tert-OH is 17. The fourth-order valence-corrected chi connectivity index (χ4v) is 9.11. The summed E-state index contributed by atoms with van der Waals surface area (Å²) in [6.45, 7) is -4.83. The lowest BCUT2D eigenvalue weighted by Crippen LogP contribution is -2.69. The number of rotatable bonds is 7. The third kappa shape index (κ3) is 11.1. The summed E-state index contributed by atoms with van der Waals surface area (Å²) >= 11 is 0. The number of ether oxygens (including phenoxy) is 13. The molecule has 0 aromatic carbocycles. The van der Waals surface area contributed by atoms with Gasteiger partial charge in [-0.05, 0) is 0 Å². The van der Waals surface area contributed by atoms with E-state index in [0.29, 0.717) is 0 Å². The standard InChI is InChI=1S/C38H62O31/c1-8(44)57-7-14-32-20(50)26(56)38(63-14)68-31-13(6-43)61-36(24(54)18(31)48)66-29-11(4-41)59-34(22(52)16(29)46)64-27-9(2-39)58-33(21(51)15(27)45)65-28-10(3-40)60-35(23(53)17(28)47)67-30-12(5-42)62-37(69-32)25(55)19(30)49/h9-43,45-56H,2-7H2,1H3. The van der Waals surface area contributed by atoms with Crippen LogP contribution in [-0.4, -0.2) is 317 Å². The Hall–Kier alpha value is -1.69. The molecule has 0 radical (unpaired) electrons. The first-order valence-electron chi connectivity index (χ1n) is 22.0. The van der Waals surface area contributed by atoms with Crippen LogP contribution in [0.4, 0.5) is 0 Å². The minimum absolute atomic E-state index is 0.767. The summed E-state index contributed by atoms with van der Waals surface area (Å²) in [5, 5.41) is 187. The van der Waals surface area contributed by atoms with Crippen LogP contribution >= 0.6 is 0 Å². The Labute approximate surface area is 389 Å². The van der Waals surface area contributed by atoms with Crippen LogP contribution in [0.2, 0.25) is 0 Å². The third-order valence-electron chi connectivity index (χ3n) is 12.9. The Bertz CT molecular complexity index is 1620. The second-order valence-electron chi connectivity index (χ2n) is 17.5. The van der Waals surface area contributed by atoms with Gasteiger partial charge in [0.25, 0.3) is 0 Å². The summed E-state index contributed by atoms with van der Waals surface area (Å²) in [4.78, 5) is 11.9. The third-order valence-corrected chi connectivity index (χ3v) is 12.9. The molecule has 12 bridgehead atoms. The molecule has 0 aromatic heterocycles. The number of carbonyl (C=O) groups is 1. The van der Waals surface area contributed by atoms with Gasteiger partial charge in [-0.3, -0.25) is 4.79 Å². The van der Waals surface area contributed by atoms with Gasteiger partial charge in [-0.1, -0.05) is 0 Å². The van der Waals surface area contributed by atoms with E-state index in [1.54, 1.807) is 0 Å². The highest BCUT2D eigenvalue weighted by molar-refractivity contribution is 5.65. The number of esters is 1. The maximum Gasteiger partial charge on any atom is 0.302 e. The highest BCUT2D eigenvalue weighted by atomic mass is 16.8. The lowest BCUT2D eigenvalue weighted by atomic mass is 9.94. The molecule has 22 heterocycles. The van der Waals surface area contributed by atoms with Crippen LogP contribution in [0.5, 0.6) is 0 Å². The maximum absolute atomic E-state index is 11.9. The zero-order chi connectivity index (χ0) is 50.3. The van der Waals surface area contributed by atoms with Gasteiger partial charge < -0.3 is 148 Å². The molecular weight excluding hydrogens is 952 g/mol. The van der Waals surface area contributed by atoms with Crippen molar-refractivity contribution in [2.45, 2.75) is 191 Å². The number of hydrogen-bond acceptors (Lipinski definition) is 31. The Morgan fingerprint density at radius 3 is 0.652 bits per heavy atom. The molecule has 31 heteroatoms. The molecule has 22 aliphatic rings. The SMILES string of the molecule is CC(=O)OCC1OC2OC3C(CO)OC(OC4C(CO)OC(OC5C(CO)OC(OC6C(CO)OC(OC7C(CO)OC(OC1C(O)C2O)C(O)C7O)C(O)C6O)C(O)C5O)C(O)C4O)C(O)C3O. The molecular formula is C38H62O31. The van der Waals surface area contributed by atoms with E-state index in [2.05, 4.69) is 0 Å². The van der Waals surface area contributed by atoms with E-state index in [1.165, 1.54) is 0 Å². The quantitative estimate of drug-likeness (QED) is 0.105. The number of aliphatic hydroxyl groups is 17. The molecule has 0 aromatic rings. The zero-order valence-corrected chi connectivity index (χ0v) is 36.4. The zero-order valence-electron chi connectivity index (χ0n) is 36.4. The monoisotopic (exact) mass is 1010 g/mol. The molecule has 0 spiro atoms. The minimum Gasteiger partial charge on any atom is -0.463 e. The summed E-state index contributed by atoms with van der Waals surface area (Å²) in [6, 6.07) is 0. The number of hydrogen-bond donors (Lipinski definition) is 17. The minimum atomic E-state index is -2.18. The molecule has 22 saturated heterocycles. The predicted octanol–water partition coefficient (Wildman–Crippen LogP) is -12.5. The summed E-state index contributed by atoms with van der Waals surface area (Å²) in [5.74, 6) is -0.882. The summed E-state index contributed by atoms with van der Waals surface area (Å²) in [7, 11) is 0. The fourth-order valence-electron chi connectivity index (χ4n) is 9.11. The normalized spacial score (nSPS) is 53.4. The molecule has 30 unspecified atom stereocenters. The van der Waals surface area contributed by atoms with Gasteiger partial charge in [-0.2, -0.15) is 0 Å². The average Bonchev–Trinajstić information content (AvgIpc) is 3.33. The lowest BCUT2D eigenvalue weighted by Gasteiger charge is -2.50. The smallest absolute Gasteiger partial charge is 0.302 e. The highest BCUT2D eigenvalue weighted by Crippen LogP contribution is 2.38. The molecule has 22 rings (SSSR count). The molecule has 0 amide bonds. The fraction of sp³-hybridized carbons (Fsp3) is 0.974. The predicted molar refractivity (Wildman–Crippen MR) is 205 cm³/mol. The van der Waals surface area contributed by atoms with E-state index in [4.69, 9.17) is 61.6 Å². The maximum atomic E-state index is 11.9. The molecule has 22 aliphatic heterocycles. The Kier molecular flexibility index (Phi) is 18.6. The molecule has 22 fully saturated rings. The van der Waals surface area contributed by atoms with Crippen LogP contribution < -0.4 is 0 Å². The second kappa shape index (κ2) is 23.2. The Morgan fingerprint density at radius 1 is 0.304 bits per heavy atom. The van der Waals surface area contributed by atoms with E-state index in [9.17, 15) is 91.6 Å².